The van der Waals surface area contributed by atoms with Gasteiger partial charge in [-0.2, -0.15) is 0 Å². The highest BCUT2D eigenvalue weighted by Gasteiger charge is 2.20. The van der Waals surface area contributed by atoms with Crippen LogP contribution in [-0.2, 0) is 12.8 Å². The Hall–Kier alpha value is -2.16. The molecule has 34 heavy (non-hydrogen) atoms. The molecule has 0 saturated carbocycles. The third-order valence-electron chi connectivity index (χ3n) is 6.73. The van der Waals surface area contributed by atoms with Crippen molar-refractivity contribution >= 4 is 22.7 Å². The molecule has 0 bridgehead atoms. The molecule has 0 aliphatic carbocycles. The van der Waals surface area contributed by atoms with E-state index < -0.39 is 0 Å². The summed E-state index contributed by atoms with van der Waals surface area (Å²) in [7, 11) is 0. The second-order valence-corrected chi connectivity index (χ2v) is 11.1. The SMILES string of the molecule is CCCCCCc1ccccc1-c1csc(-c2cccs2)c1-c1ccccc1CCCCCC. The minimum absolute atomic E-state index is 1.16. The molecule has 4 aromatic rings. The molecule has 0 saturated heterocycles. The monoisotopic (exact) mass is 486 g/mol. The van der Waals surface area contributed by atoms with Crippen LogP contribution in [-0.4, -0.2) is 0 Å². The van der Waals surface area contributed by atoms with Crippen molar-refractivity contribution < 1.29 is 0 Å². The van der Waals surface area contributed by atoms with Gasteiger partial charge in [-0.25, -0.2) is 0 Å². The van der Waals surface area contributed by atoms with Crippen molar-refractivity contribution in [1.82, 2.24) is 0 Å². The van der Waals surface area contributed by atoms with Crippen LogP contribution in [0.25, 0.3) is 32.0 Å². The first-order valence-electron chi connectivity index (χ1n) is 13.1. The summed E-state index contributed by atoms with van der Waals surface area (Å²) in [5.41, 5.74) is 8.71. The zero-order valence-corrected chi connectivity index (χ0v) is 22.4. The van der Waals surface area contributed by atoms with Crippen LogP contribution in [0.1, 0.15) is 76.3 Å². The maximum Gasteiger partial charge on any atom is 0.0527 e. The lowest BCUT2D eigenvalue weighted by molar-refractivity contribution is 0.667. The topological polar surface area (TPSA) is 0 Å². The molecule has 0 spiro atoms. The third kappa shape index (κ3) is 6.09. The molecule has 2 heteroatoms. The van der Waals surface area contributed by atoms with E-state index in [4.69, 9.17) is 0 Å². The van der Waals surface area contributed by atoms with Crippen LogP contribution >= 0.6 is 22.7 Å². The number of benzene rings is 2. The second kappa shape index (κ2) is 13.1. The van der Waals surface area contributed by atoms with E-state index in [0.717, 1.165) is 6.42 Å². The van der Waals surface area contributed by atoms with Gasteiger partial charge in [-0.15, -0.1) is 22.7 Å². The van der Waals surface area contributed by atoms with Gasteiger partial charge in [0.05, 0.1) is 4.88 Å². The molecule has 2 aromatic carbocycles. The summed E-state index contributed by atoms with van der Waals surface area (Å²) in [4.78, 5) is 2.80. The molecule has 0 fully saturated rings. The van der Waals surface area contributed by atoms with E-state index in [9.17, 15) is 0 Å². The predicted octanol–water partition coefficient (Wildman–Crippen LogP) is 11.1. The Balaban J connectivity index is 1.77. The van der Waals surface area contributed by atoms with Crippen LogP contribution in [0.3, 0.4) is 0 Å². The van der Waals surface area contributed by atoms with Gasteiger partial charge in [0, 0.05) is 16.0 Å². The maximum atomic E-state index is 2.42. The average molecular weight is 487 g/mol. The molecular weight excluding hydrogens is 448 g/mol. The van der Waals surface area contributed by atoms with Crippen LogP contribution in [0, 0.1) is 0 Å². The highest BCUT2D eigenvalue weighted by molar-refractivity contribution is 7.21. The number of hydrogen-bond acceptors (Lipinski definition) is 2. The fourth-order valence-electron chi connectivity index (χ4n) is 4.88. The van der Waals surface area contributed by atoms with Crippen LogP contribution in [0.2, 0.25) is 0 Å². The van der Waals surface area contributed by atoms with Gasteiger partial charge in [0.2, 0.25) is 0 Å². The van der Waals surface area contributed by atoms with Crippen LogP contribution in [0.15, 0.2) is 71.4 Å². The molecule has 2 heterocycles. The highest BCUT2D eigenvalue weighted by atomic mass is 32.1. The molecule has 0 nitrogen and oxygen atoms in total. The van der Waals surface area contributed by atoms with Crippen molar-refractivity contribution in [1.29, 1.82) is 0 Å². The molecule has 178 valence electrons. The van der Waals surface area contributed by atoms with E-state index in [1.807, 2.05) is 22.7 Å². The first-order valence-corrected chi connectivity index (χ1v) is 14.9. The molecule has 0 radical (unpaired) electrons. The lowest BCUT2D eigenvalue weighted by Gasteiger charge is -2.15. The van der Waals surface area contributed by atoms with E-state index >= 15 is 0 Å². The Kier molecular flexibility index (Phi) is 9.59. The largest absolute Gasteiger partial charge is 0.143 e. The quantitative estimate of drug-likeness (QED) is 0.165. The first kappa shape index (κ1) is 24.9. The normalized spacial score (nSPS) is 11.2. The number of thiophene rings is 2. The van der Waals surface area contributed by atoms with Crippen molar-refractivity contribution in [2.75, 3.05) is 0 Å². The van der Waals surface area contributed by atoms with Crippen LogP contribution in [0.5, 0.6) is 0 Å². The maximum absolute atomic E-state index is 2.42. The van der Waals surface area contributed by atoms with Gasteiger partial charge in [0.1, 0.15) is 0 Å². The number of aryl methyl sites for hydroxylation is 2. The lowest BCUT2D eigenvalue weighted by Crippen LogP contribution is -1.95. The van der Waals surface area contributed by atoms with Crippen LogP contribution in [0.4, 0.5) is 0 Å². The standard InChI is InChI=1S/C32H38S2/c1-3-5-7-9-16-25-18-11-13-20-27(25)29-24-34-32(30-22-15-23-33-30)31(29)28-21-14-12-19-26(28)17-10-8-6-4-2/h11-15,18-24H,3-10,16-17H2,1-2H3. The van der Waals surface area contributed by atoms with Crippen molar-refractivity contribution in [3.63, 3.8) is 0 Å². The van der Waals surface area contributed by atoms with Gasteiger partial charge in [-0.1, -0.05) is 107 Å². The molecule has 0 amide bonds. The fourth-order valence-corrected chi connectivity index (χ4v) is 6.84. The van der Waals surface area contributed by atoms with Gasteiger partial charge in [-0.05, 0) is 64.8 Å². The second-order valence-electron chi connectivity index (χ2n) is 9.27. The molecule has 0 aliphatic rings. The predicted molar refractivity (Wildman–Crippen MR) is 154 cm³/mol. The molecule has 0 aliphatic heterocycles. The molecule has 4 rings (SSSR count). The summed E-state index contributed by atoms with van der Waals surface area (Å²) < 4.78 is 0. The number of rotatable bonds is 13. The number of hydrogen-bond donors (Lipinski definition) is 0. The molecule has 2 aromatic heterocycles. The van der Waals surface area contributed by atoms with E-state index in [0.29, 0.717) is 0 Å². The third-order valence-corrected chi connectivity index (χ3v) is 8.76. The van der Waals surface area contributed by atoms with Gasteiger partial charge in [0.25, 0.3) is 0 Å². The average Bonchev–Trinajstić information content (AvgIpc) is 3.55. The van der Waals surface area contributed by atoms with Crippen molar-refractivity contribution in [3.05, 3.63) is 82.6 Å². The summed E-state index contributed by atoms with van der Waals surface area (Å²) in [6.07, 6.45) is 12.7. The summed E-state index contributed by atoms with van der Waals surface area (Å²) in [5, 5.41) is 4.62. The molecule has 0 atom stereocenters. The zero-order chi connectivity index (χ0) is 23.6. The Morgan fingerprint density at radius 2 is 1.18 bits per heavy atom. The summed E-state index contributed by atoms with van der Waals surface area (Å²) in [6, 6.07) is 22.8. The lowest BCUT2D eigenvalue weighted by atomic mass is 9.88. The van der Waals surface area contributed by atoms with Gasteiger partial charge in [0.15, 0.2) is 0 Å². The molecular formula is C32H38S2. The smallest absolute Gasteiger partial charge is 0.0527 e. The summed E-state index contributed by atoms with van der Waals surface area (Å²) >= 11 is 3.77. The minimum atomic E-state index is 1.16. The Bertz CT molecular complexity index is 1130. The van der Waals surface area contributed by atoms with E-state index in [1.54, 1.807) is 0 Å². The van der Waals surface area contributed by atoms with Crippen molar-refractivity contribution in [2.24, 2.45) is 0 Å². The molecule has 0 N–H and O–H groups in total. The van der Waals surface area contributed by atoms with E-state index in [1.165, 1.54) is 101 Å². The van der Waals surface area contributed by atoms with Crippen LogP contribution < -0.4 is 0 Å². The van der Waals surface area contributed by atoms with E-state index in [2.05, 4.69) is 85.3 Å². The number of unbranched alkanes of at least 4 members (excludes halogenated alkanes) is 6. The van der Waals surface area contributed by atoms with Crippen molar-refractivity contribution in [2.45, 2.75) is 78.1 Å². The first-order chi connectivity index (χ1) is 16.8. The van der Waals surface area contributed by atoms with Gasteiger partial charge >= 0.3 is 0 Å². The Morgan fingerprint density at radius 1 is 0.559 bits per heavy atom. The van der Waals surface area contributed by atoms with Gasteiger partial charge < -0.3 is 0 Å². The highest BCUT2D eigenvalue weighted by Crippen LogP contribution is 2.48. The Morgan fingerprint density at radius 3 is 1.79 bits per heavy atom. The molecule has 0 unspecified atom stereocenters. The fraction of sp³-hybridized carbons (Fsp3) is 0.375. The van der Waals surface area contributed by atoms with Crippen molar-refractivity contribution in [3.8, 4) is 32.0 Å². The zero-order valence-electron chi connectivity index (χ0n) is 20.8. The summed E-state index contributed by atoms with van der Waals surface area (Å²) in [6.45, 7) is 4.58. The summed E-state index contributed by atoms with van der Waals surface area (Å²) in [5.74, 6) is 0. The van der Waals surface area contributed by atoms with E-state index in [-0.39, 0.29) is 0 Å². The minimum Gasteiger partial charge on any atom is -0.143 e. The Labute approximate surface area is 214 Å². The van der Waals surface area contributed by atoms with Gasteiger partial charge in [-0.3, -0.25) is 0 Å².